The van der Waals surface area contributed by atoms with Gasteiger partial charge in [-0.2, -0.15) is 5.26 Å². The van der Waals surface area contributed by atoms with E-state index in [2.05, 4.69) is 13.0 Å². The van der Waals surface area contributed by atoms with Crippen molar-refractivity contribution in [1.82, 2.24) is 0 Å². The van der Waals surface area contributed by atoms with E-state index in [-0.39, 0.29) is 17.3 Å². The number of carbonyl (C=O) groups excluding carboxylic acids is 1. The number of non-ortho nitro benzene ring substituents is 1. The molecule has 0 amide bonds. The van der Waals surface area contributed by atoms with Crippen LogP contribution in [0.5, 0.6) is 0 Å². The molecular formula is C22H20N4O3S2. The van der Waals surface area contributed by atoms with Crippen molar-refractivity contribution in [2.45, 2.75) is 36.3 Å². The molecular weight excluding hydrogens is 432 g/mol. The minimum absolute atomic E-state index is 0.000536. The van der Waals surface area contributed by atoms with Crippen LogP contribution in [0, 0.1) is 21.4 Å². The number of hydrogen-bond donors (Lipinski definition) is 1. The third-order valence-corrected chi connectivity index (χ3v) is 7.61. The van der Waals surface area contributed by atoms with Crippen LogP contribution < -0.4 is 10.6 Å². The Morgan fingerprint density at radius 2 is 2.19 bits per heavy atom. The fourth-order valence-electron chi connectivity index (χ4n) is 4.21. The van der Waals surface area contributed by atoms with Gasteiger partial charge in [0.2, 0.25) is 0 Å². The number of carbonyl (C=O) groups is 1. The molecule has 2 aliphatic rings. The van der Waals surface area contributed by atoms with E-state index >= 15 is 0 Å². The number of thiophene rings is 1. The van der Waals surface area contributed by atoms with Gasteiger partial charge in [-0.05, 0) is 41.7 Å². The molecule has 4 rings (SSSR count). The summed E-state index contributed by atoms with van der Waals surface area (Å²) >= 11 is 3.27. The molecule has 0 unspecified atom stereocenters. The standard InChI is InChI=1S/C22H20N4O3S2/c1-2-30-22-15(9-10-31-22)19-16(12-23)21(24)25(17-7-4-8-18(27)20(17)19)13-5-3-6-14(11-13)26(28)29/h3,5-6,9-11,19H,2,4,7-8,24H2,1H3/t19-/m0/s1. The topological polar surface area (TPSA) is 113 Å². The van der Waals surface area contributed by atoms with Crippen LogP contribution in [-0.2, 0) is 4.79 Å². The van der Waals surface area contributed by atoms with Gasteiger partial charge in [0.25, 0.3) is 5.69 Å². The summed E-state index contributed by atoms with van der Waals surface area (Å²) in [5, 5.41) is 23.4. The van der Waals surface area contributed by atoms with Gasteiger partial charge in [-0.15, -0.1) is 23.1 Å². The van der Waals surface area contributed by atoms with E-state index in [1.807, 2.05) is 11.4 Å². The molecule has 0 saturated carbocycles. The summed E-state index contributed by atoms with van der Waals surface area (Å²) in [6.07, 6.45) is 1.70. The Labute approximate surface area is 188 Å². The first-order chi connectivity index (χ1) is 15.0. The summed E-state index contributed by atoms with van der Waals surface area (Å²) in [7, 11) is 0. The van der Waals surface area contributed by atoms with Gasteiger partial charge in [-0.1, -0.05) is 13.0 Å². The van der Waals surface area contributed by atoms with Crippen molar-refractivity contribution in [3.05, 3.63) is 74.1 Å². The number of nitro benzene ring substituents is 1. The molecule has 9 heteroatoms. The van der Waals surface area contributed by atoms with Gasteiger partial charge in [0.1, 0.15) is 5.82 Å². The van der Waals surface area contributed by atoms with Gasteiger partial charge in [0.05, 0.1) is 32.4 Å². The maximum absolute atomic E-state index is 13.2. The minimum atomic E-state index is -0.511. The van der Waals surface area contributed by atoms with Gasteiger partial charge in [0.15, 0.2) is 5.78 Å². The van der Waals surface area contributed by atoms with Crippen molar-refractivity contribution in [2.75, 3.05) is 10.7 Å². The predicted molar refractivity (Wildman–Crippen MR) is 122 cm³/mol. The number of rotatable bonds is 5. The summed E-state index contributed by atoms with van der Waals surface area (Å²) in [5.74, 6) is 0.588. The molecule has 0 fully saturated rings. The second-order valence-corrected chi connectivity index (χ2v) is 9.64. The Morgan fingerprint density at radius 3 is 2.90 bits per heavy atom. The maximum Gasteiger partial charge on any atom is 0.271 e. The number of anilines is 1. The summed E-state index contributed by atoms with van der Waals surface area (Å²) in [4.78, 5) is 25.6. The first-order valence-electron chi connectivity index (χ1n) is 9.88. The Morgan fingerprint density at radius 1 is 1.39 bits per heavy atom. The molecule has 7 nitrogen and oxygen atoms in total. The summed E-state index contributed by atoms with van der Waals surface area (Å²) in [6.45, 7) is 2.06. The van der Waals surface area contributed by atoms with Gasteiger partial charge in [-0.25, -0.2) is 0 Å². The number of nitro groups is 1. The highest BCUT2D eigenvalue weighted by Crippen LogP contribution is 2.49. The normalized spacial score (nSPS) is 18.8. The monoisotopic (exact) mass is 452 g/mol. The maximum atomic E-state index is 13.2. The number of nitrogens with zero attached hydrogens (tertiary/aromatic N) is 3. The lowest BCUT2D eigenvalue weighted by Crippen LogP contribution is -2.38. The van der Waals surface area contributed by atoms with E-state index in [1.54, 1.807) is 40.1 Å². The lowest BCUT2D eigenvalue weighted by atomic mass is 9.76. The molecule has 0 bridgehead atoms. The van der Waals surface area contributed by atoms with Crippen LogP contribution in [0.15, 0.2) is 62.6 Å². The zero-order chi connectivity index (χ0) is 22.1. The van der Waals surface area contributed by atoms with Crippen molar-refractivity contribution in [1.29, 1.82) is 5.26 Å². The molecule has 2 heterocycles. The highest BCUT2D eigenvalue weighted by molar-refractivity contribution is 8.01. The number of ketones is 1. The highest BCUT2D eigenvalue weighted by atomic mass is 32.2. The number of allylic oxidation sites excluding steroid dienone is 3. The molecule has 1 aliphatic heterocycles. The summed E-state index contributed by atoms with van der Waals surface area (Å²) in [5.41, 5.74) is 9.48. The van der Waals surface area contributed by atoms with Gasteiger partial charge in [-0.3, -0.25) is 19.8 Å². The fraction of sp³-hybridized carbons (Fsp3) is 0.273. The number of nitrogens with two attached hydrogens (primary N) is 1. The molecule has 0 spiro atoms. The smallest absolute Gasteiger partial charge is 0.271 e. The number of benzene rings is 1. The summed E-state index contributed by atoms with van der Waals surface area (Å²) in [6, 6.07) is 10.3. The SMILES string of the molecule is CCSc1sccc1[C@H]1C(C#N)=C(N)N(c2cccc([N+](=O)[O-])c2)C2=C1C(=O)CCC2. The van der Waals surface area contributed by atoms with Crippen LogP contribution in [0.3, 0.4) is 0 Å². The Kier molecular flexibility index (Phi) is 5.85. The minimum Gasteiger partial charge on any atom is -0.384 e. The van der Waals surface area contributed by atoms with Crippen molar-refractivity contribution >= 4 is 40.3 Å². The number of Topliss-reactive ketones (excluding diaryl/α,β-unsaturated/α-hetero) is 1. The van der Waals surface area contributed by atoms with Crippen molar-refractivity contribution < 1.29 is 9.72 Å². The van der Waals surface area contributed by atoms with E-state index in [0.29, 0.717) is 36.1 Å². The van der Waals surface area contributed by atoms with Gasteiger partial charge < -0.3 is 5.73 Å². The molecule has 0 saturated heterocycles. The number of nitriles is 1. The summed E-state index contributed by atoms with van der Waals surface area (Å²) < 4.78 is 1.07. The number of thioether (sulfide) groups is 1. The molecule has 31 heavy (non-hydrogen) atoms. The lowest BCUT2D eigenvalue weighted by molar-refractivity contribution is -0.384. The van der Waals surface area contributed by atoms with Crippen molar-refractivity contribution in [3.63, 3.8) is 0 Å². The first-order valence-corrected chi connectivity index (χ1v) is 11.7. The van der Waals surface area contributed by atoms with Crippen LogP contribution in [0.25, 0.3) is 0 Å². The third-order valence-electron chi connectivity index (χ3n) is 5.46. The van der Waals surface area contributed by atoms with E-state index in [0.717, 1.165) is 21.2 Å². The van der Waals surface area contributed by atoms with E-state index in [9.17, 15) is 20.2 Å². The Bertz CT molecular complexity index is 1180. The zero-order valence-corrected chi connectivity index (χ0v) is 18.5. The molecule has 1 aromatic heterocycles. The number of hydrogen-bond acceptors (Lipinski definition) is 8. The van der Waals surface area contributed by atoms with E-state index in [1.165, 1.54) is 12.1 Å². The highest BCUT2D eigenvalue weighted by Gasteiger charge is 2.41. The van der Waals surface area contributed by atoms with Gasteiger partial charge >= 0.3 is 0 Å². The average molecular weight is 453 g/mol. The molecule has 1 aliphatic carbocycles. The molecule has 1 aromatic carbocycles. The van der Waals surface area contributed by atoms with Crippen molar-refractivity contribution in [3.8, 4) is 6.07 Å². The van der Waals surface area contributed by atoms with E-state index < -0.39 is 10.8 Å². The van der Waals surface area contributed by atoms with Crippen LogP contribution in [0.2, 0.25) is 0 Å². The first kappa shape index (κ1) is 21.2. The second kappa shape index (κ2) is 8.57. The lowest BCUT2D eigenvalue weighted by Gasteiger charge is -2.39. The average Bonchev–Trinajstić information content (AvgIpc) is 3.21. The third kappa shape index (κ3) is 3.62. The molecule has 2 N–H and O–H groups in total. The quantitative estimate of drug-likeness (QED) is 0.382. The largest absolute Gasteiger partial charge is 0.384 e. The van der Waals surface area contributed by atoms with E-state index in [4.69, 9.17) is 5.73 Å². The predicted octanol–water partition coefficient (Wildman–Crippen LogP) is 5.07. The van der Waals surface area contributed by atoms with Crippen molar-refractivity contribution in [2.24, 2.45) is 5.73 Å². The van der Waals surface area contributed by atoms with Crippen LogP contribution >= 0.6 is 23.1 Å². The van der Waals surface area contributed by atoms with Crippen LogP contribution in [0.4, 0.5) is 11.4 Å². The Hall–Kier alpha value is -3.09. The Balaban J connectivity index is 1.95. The second-order valence-electron chi connectivity index (χ2n) is 7.19. The van der Waals surface area contributed by atoms with Crippen LogP contribution in [-0.4, -0.2) is 16.5 Å². The molecule has 158 valence electrons. The molecule has 1 atom stereocenters. The van der Waals surface area contributed by atoms with Gasteiger partial charge in [0, 0.05) is 29.8 Å². The molecule has 2 aromatic rings. The van der Waals surface area contributed by atoms with Crippen LogP contribution in [0.1, 0.15) is 37.7 Å². The fourth-order valence-corrected chi connectivity index (χ4v) is 6.27. The zero-order valence-electron chi connectivity index (χ0n) is 16.8. The molecule has 0 radical (unpaired) electrons.